The normalized spacial score (nSPS) is 24.1. The lowest BCUT2D eigenvalue weighted by molar-refractivity contribution is -0.139. The summed E-state index contributed by atoms with van der Waals surface area (Å²) in [4.78, 5) is 30.9. The van der Waals surface area contributed by atoms with Crippen molar-refractivity contribution in [2.24, 2.45) is 0 Å². The lowest BCUT2D eigenvalue weighted by Crippen LogP contribution is -2.49. The zero-order chi connectivity index (χ0) is 21.1. The Morgan fingerprint density at radius 2 is 1.77 bits per heavy atom. The summed E-state index contributed by atoms with van der Waals surface area (Å²) >= 11 is 1.71. The molecule has 160 valence electrons. The van der Waals surface area contributed by atoms with Gasteiger partial charge in [0.1, 0.15) is 5.75 Å². The van der Waals surface area contributed by atoms with Crippen LogP contribution < -0.4 is 4.74 Å². The molecule has 2 aliphatic heterocycles. The van der Waals surface area contributed by atoms with E-state index in [0.717, 1.165) is 32.2 Å². The maximum Gasteiger partial charge on any atom is 0.260 e. The van der Waals surface area contributed by atoms with Crippen molar-refractivity contribution >= 4 is 23.2 Å². The molecule has 2 aliphatic rings. The second-order valence-corrected chi connectivity index (χ2v) is 9.39. The molecule has 0 radical (unpaired) electrons. The van der Waals surface area contributed by atoms with Gasteiger partial charge in [-0.1, -0.05) is 6.07 Å². The van der Waals surface area contributed by atoms with Crippen molar-refractivity contribution in [1.29, 1.82) is 0 Å². The molecule has 2 saturated heterocycles. The van der Waals surface area contributed by atoms with E-state index in [4.69, 9.17) is 4.74 Å². The number of nitrogens with zero attached hydrogens (tertiary/aromatic N) is 2. The smallest absolute Gasteiger partial charge is 0.260 e. The first kappa shape index (κ1) is 20.9. The minimum Gasteiger partial charge on any atom is -0.484 e. The predicted molar refractivity (Wildman–Crippen MR) is 119 cm³/mol. The Kier molecular flexibility index (Phi) is 6.42. The van der Waals surface area contributed by atoms with E-state index in [-0.39, 0.29) is 36.5 Å². The average molecular weight is 427 g/mol. The number of ether oxygens (including phenoxy) is 1. The van der Waals surface area contributed by atoms with E-state index in [0.29, 0.717) is 11.3 Å². The van der Waals surface area contributed by atoms with Crippen LogP contribution in [0.5, 0.6) is 5.75 Å². The van der Waals surface area contributed by atoms with Crippen LogP contribution in [0.15, 0.2) is 41.8 Å². The Labute approximate surface area is 182 Å². The van der Waals surface area contributed by atoms with Gasteiger partial charge in [0, 0.05) is 29.1 Å². The van der Waals surface area contributed by atoms with E-state index in [1.165, 1.54) is 11.3 Å². The van der Waals surface area contributed by atoms with Gasteiger partial charge in [0.15, 0.2) is 6.61 Å². The number of rotatable bonds is 5. The lowest BCUT2D eigenvalue weighted by Gasteiger charge is -2.38. The highest BCUT2D eigenvalue weighted by molar-refractivity contribution is 7.10. The van der Waals surface area contributed by atoms with Gasteiger partial charge in [0.25, 0.3) is 11.8 Å². The fraction of sp³-hybridized carbons (Fsp3) is 0.500. The van der Waals surface area contributed by atoms with Crippen molar-refractivity contribution in [1.82, 2.24) is 9.80 Å². The number of piperidine rings is 1. The summed E-state index contributed by atoms with van der Waals surface area (Å²) in [6.07, 6.45) is 5.33. The number of benzene rings is 1. The Morgan fingerprint density at radius 3 is 2.43 bits per heavy atom. The number of carbonyl (C=O) groups is 2. The summed E-state index contributed by atoms with van der Waals surface area (Å²) in [6, 6.07) is 12.1. The van der Waals surface area contributed by atoms with Crippen molar-refractivity contribution < 1.29 is 14.3 Å². The monoisotopic (exact) mass is 426 g/mol. The summed E-state index contributed by atoms with van der Waals surface area (Å²) in [5, 5.41) is 2.06. The molecule has 2 amide bonds. The van der Waals surface area contributed by atoms with Crippen molar-refractivity contribution in [2.75, 3.05) is 13.2 Å². The SMILES string of the molecule is CC1CCCC(C)N1C(=O)COc1ccc(C(=O)N2CCCC2c2cccs2)cc1. The molecule has 30 heavy (non-hydrogen) atoms. The summed E-state index contributed by atoms with van der Waals surface area (Å²) in [7, 11) is 0. The number of carbonyl (C=O) groups excluding carboxylic acids is 2. The van der Waals surface area contributed by atoms with Crippen LogP contribution in [0.4, 0.5) is 0 Å². The topological polar surface area (TPSA) is 49.9 Å². The van der Waals surface area contributed by atoms with E-state index in [9.17, 15) is 9.59 Å². The zero-order valence-electron chi connectivity index (χ0n) is 17.8. The molecular formula is C24H30N2O3S. The number of likely N-dealkylation sites (tertiary alicyclic amines) is 2. The third kappa shape index (κ3) is 4.38. The second kappa shape index (κ2) is 9.21. The quantitative estimate of drug-likeness (QED) is 0.684. The van der Waals surface area contributed by atoms with Crippen LogP contribution in [0.3, 0.4) is 0 Å². The lowest BCUT2D eigenvalue weighted by atomic mass is 9.97. The highest BCUT2D eigenvalue weighted by atomic mass is 32.1. The molecule has 3 atom stereocenters. The first-order valence-corrected chi connectivity index (χ1v) is 11.8. The van der Waals surface area contributed by atoms with Crippen LogP contribution in [0.25, 0.3) is 0 Å². The molecular weight excluding hydrogens is 396 g/mol. The van der Waals surface area contributed by atoms with Crippen molar-refractivity contribution in [2.45, 2.75) is 64.1 Å². The maximum absolute atomic E-state index is 13.0. The third-order valence-electron chi connectivity index (χ3n) is 6.33. The Bertz CT molecular complexity index is 855. The fourth-order valence-corrected chi connectivity index (χ4v) is 5.65. The number of amides is 2. The summed E-state index contributed by atoms with van der Waals surface area (Å²) in [6.45, 7) is 5.04. The molecule has 2 aromatic rings. The van der Waals surface area contributed by atoms with Crippen LogP contribution in [0, 0.1) is 0 Å². The number of hydrogen-bond donors (Lipinski definition) is 0. The van der Waals surface area contributed by atoms with Gasteiger partial charge in [0.2, 0.25) is 0 Å². The van der Waals surface area contributed by atoms with Crippen LogP contribution >= 0.6 is 11.3 Å². The third-order valence-corrected chi connectivity index (χ3v) is 7.30. The molecule has 0 bridgehead atoms. The Morgan fingerprint density at radius 1 is 1.03 bits per heavy atom. The summed E-state index contributed by atoms with van der Waals surface area (Å²) < 4.78 is 5.74. The van der Waals surface area contributed by atoms with E-state index < -0.39 is 0 Å². The van der Waals surface area contributed by atoms with Crippen molar-refractivity contribution in [3.05, 3.63) is 52.2 Å². The standard InChI is InChI=1S/C24H30N2O3S/c1-17-6-3-7-18(2)26(17)23(27)16-29-20-12-10-19(11-13-20)24(28)25-14-4-8-21(25)22-9-5-15-30-22/h5,9-13,15,17-18,21H,3-4,6-8,14,16H2,1-2H3. The first-order chi connectivity index (χ1) is 14.5. The van der Waals surface area contributed by atoms with Crippen molar-refractivity contribution in [3.63, 3.8) is 0 Å². The van der Waals surface area contributed by atoms with Gasteiger partial charge in [-0.05, 0) is 81.7 Å². The highest BCUT2D eigenvalue weighted by Crippen LogP contribution is 2.35. The van der Waals surface area contributed by atoms with E-state index >= 15 is 0 Å². The molecule has 0 N–H and O–H groups in total. The average Bonchev–Trinajstić information content (AvgIpc) is 3.43. The van der Waals surface area contributed by atoms with Crippen LogP contribution in [0.2, 0.25) is 0 Å². The molecule has 0 saturated carbocycles. The second-order valence-electron chi connectivity index (χ2n) is 8.42. The van der Waals surface area contributed by atoms with Crippen LogP contribution in [-0.2, 0) is 4.79 Å². The van der Waals surface area contributed by atoms with Gasteiger partial charge in [-0.25, -0.2) is 0 Å². The zero-order valence-corrected chi connectivity index (χ0v) is 18.6. The van der Waals surface area contributed by atoms with Gasteiger partial charge in [0.05, 0.1) is 6.04 Å². The van der Waals surface area contributed by atoms with Crippen LogP contribution in [0.1, 0.15) is 67.2 Å². The van der Waals surface area contributed by atoms with Crippen LogP contribution in [-0.4, -0.2) is 46.8 Å². The van der Waals surface area contributed by atoms with Gasteiger partial charge >= 0.3 is 0 Å². The van der Waals surface area contributed by atoms with Gasteiger partial charge in [-0.2, -0.15) is 0 Å². The Balaban J connectivity index is 1.36. The predicted octanol–water partition coefficient (Wildman–Crippen LogP) is 4.89. The van der Waals surface area contributed by atoms with Crippen molar-refractivity contribution in [3.8, 4) is 5.75 Å². The molecule has 1 aromatic heterocycles. The molecule has 4 rings (SSSR count). The van der Waals surface area contributed by atoms with Gasteiger partial charge in [-0.15, -0.1) is 11.3 Å². The first-order valence-electron chi connectivity index (χ1n) is 10.9. The van der Waals surface area contributed by atoms with E-state index in [1.807, 2.05) is 15.9 Å². The molecule has 2 fully saturated rings. The number of thiophene rings is 1. The molecule has 3 unspecified atom stereocenters. The molecule has 3 heterocycles. The molecule has 5 nitrogen and oxygen atoms in total. The van der Waals surface area contributed by atoms with E-state index in [1.54, 1.807) is 35.6 Å². The minimum atomic E-state index is 0.0331. The minimum absolute atomic E-state index is 0.0331. The fourth-order valence-electron chi connectivity index (χ4n) is 4.78. The van der Waals surface area contributed by atoms with E-state index in [2.05, 4.69) is 25.3 Å². The van der Waals surface area contributed by atoms with Gasteiger partial charge < -0.3 is 14.5 Å². The number of hydrogen-bond acceptors (Lipinski definition) is 4. The summed E-state index contributed by atoms with van der Waals surface area (Å²) in [5.41, 5.74) is 0.662. The molecule has 6 heteroatoms. The maximum atomic E-state index is 13.0. The molecule has 0 aliphatic carbocycles. The molecule has 1 aromatic carbocycles. The summed E-state index contributed by atoms with van der Waals surface area (Å²) in [5.74, 6) is 0.712. The molecule has 0 spiro atoms. The largest absolute Gasteiger partial charge is 0.484 e. The highest BCUT2D eigenvalue weighted by Gasteiger charge is 2.31. The van der Waals surface area contributed by atoms with Gasteiger partial charge in [-0.3, -0.25) is 9.59 Å². The Hall–Kier alpha value is -2.34.